The molecule has 0 fully saturated rings. The zero-order chi connectivity index (χ0) is 27.1. The number of hydrogen-bond acceptors (Lipinski definition) is 6. The number of halogens is 1. The van der Waals surface area contributed by atoms with Crippen molar-refractivity contribution in [1.82, 2.24) is 4.90 Å². The standard InChI is InChI=1S/C27H29ClN4O6/c1-36-22-12-20(13-23(14-22)37-2)30-26(34)29-19-4-3-18-16-32(8-7-17(18)11-19)27(35)31-25-6-5-21(15-24(25)28)38-10-9-33/h3-6,11-15,33H,7-10,16H2,1-2H3,(H,31,35)(H2,29,30,34). The second-order valence-electron chi connectivity index (χ2n) is 8.48. The molecule has 0 saturated carbocycles. The van der Waals surface area contributed by atoms with Crippen LogP contribution in [0.3, 0.4) is 0 Å². The molecule has 1 aliphatic heterocycles. The third kappa shape index (κ3) is 6.78. The highest BCUT2D eigenvalue weighted by atomic mass is 35.5. The highest BCUT2D eigenvalue weighted by molar-refractivity contribution is 6.33. The largest absolute Gasteiger partial charge is 0.497 e. The molecule has 11 heteroatoms. The summed E-state index contributed by atoms with van der Waals surface area (Å²) in [6.45, 7) is 0.991. The zero-order valence-electron chi connectivity index (χ0n) is 21.0. The number of amides is 4. The Labute approximate surface area is 225 Å². The first-order valence-corrected chi connectivity index (χ1v) is 12.3. The molecule has 0 unspecified atom stereocenters. The summed E-state index contributed by atoms with van der Waals surface area (Å²) < 4.78 is 15.8. The molecule has 0 bridgehead atoms. The van der Waals surface area contributed by atoms with Crippen LogP contribution < -0.4 is 30.2 Å². The SMILES string of the molecule is COc1cc(NC(=O)Nc2ccc3c(c2)CCN(C(=O)Nc2ccc(OCCO)cc2Cl)C3)cc(OC)c1. The molecule has 0 aliphatic carbocycles. The molecule has 10 nitrogen and oxygen atoms in total. The molecule has 200 valence electrons. The summed E-state index contributed by atoms with van der Waals surface area (Å²) in [5.74, 6) is 1.64. The minimum Gasteiger partial charge on any atom is -0.497 e. The fourth-order valence-electron chi connectivity index (χ4n) is 4.02. The number of carbonyl (C=O) groups is 2. The maximum Gasteiger partial charge on any atom is 0.323 e. The first-order chi connectivity index (χ1) is 18.4. The Balaban J connectivity index is 1.35. The number of hydrogen-bond donors (Lipinski definition) is 4. The fraction of sp³-hybridized carbons (Fsp3) is 0.259. The van der Waals surface area contributed by atoms with Crippen molar-refractivity contribution in [2.75, 3.05) is 49.9 Å². The summed E-state index contributed by atoms with van der Waals surface area (Å²) in [4.78, 5) is 27.1. The lowest BCUT2D eigenvalue weighted by Gasteiger charge is -2.29. The minimum atomic E-state index is -0.401. The van der Waals surface area contributed by atoms with E-state index in [2.05, 4.69) is 16.0 Å². The molecule has 4 N–H and O–H groups in total. The Morgan fingerprint density at radius 1 is 0.895 bits per heavy atom. The Hall–Kier alpha value is -4.15. The van der Waals surface area contributed by atoms with Gasteiger partial charge in [0.15, 0.2) is 0 Å². The Morgan fingerprint density at radius 3 is 2.32 bits per heavy atom. The first kappa shape index (κ1) is 26.9. The van der Waals surface area contributed by atoms with Crippen molar-refractivity contribution in [3.8, 4) is 17.2 Å². The number of urea groups is 2. The smallest absolute Gasteiger partial charge is 0.323 e. The Bertz CT molecular complexity index is 1300. The van der Waals surface area contributed by atoms with Crippen LogP contribution in [0.15, 0.2) is 54.6 Å². The predicted octanol–water partition coefficient (Wildman–Crippen LogP) is 4.96. The van der Waals surface area contributed by atoms with Gasteiger partial charge >= 0.3 is 12.1 Å². The molecule has 3 aromatic rings. The minimum absolute atomic E-state index is 0.101. The van der Waals surface area contributed by atoms with Crippen LogP contribution in [0.25, 0.3) is 0 Å². The van der Waals surface area contributed by atoms with Crippen LogP contribution in [-0.2, 0) is 13.0 Å². The van der Waals surface area contributed by atoms with Crippen LogP contribution in [0.2, 0.25) is 5.02 Å². The first-order valence-electron chi connectivity index (χ1n) is 11.9. The number of nitrogens with zero attached hydrogens (tertiary/aromatic N) is 1. The maximum atomic E-state index is 12.9. The number of carbonyl (C=O) groups excluding carboxylic acids is 2. The summed E-state index contributed by atoms with van der Waals surface area (Å²) in [7, 11) is 3.08. The maximum absolute atomic E-state index is 12.9. The van der Waals surface area contributed by atoms with Crippen LogP contribution in [0.5, 0.6) is 17.2 Å². The van der Waals surface area contributed by atoms with Crippen LogP contribution in [-0.4, -0.2) is 56.0 Å². The van der Waals surface area contributed by atoms with Gasteiger partial charge in [-0.15, -0.1) is 0 Å². The fourth-order valence-corrected chi connectivity index (χ4v) is 4.24. The monoisotopic (exact) mass is 540 g/mol. The van der Waals surface area contributed by atoms with Gasteiger partial charge in [0.2, 0.25) is 0 Å². The average molecular weight is 541 g/mol. The van der Waals surface area contributed by atoms with Gasteiger partial charge in [0.1, 0.15) is 23.9 Å². The van der Waals surface area contributed by atoms with E-state index < -0.39 is 6.03 Å². The average Bonchev–Trinajstić information content (AvgIpc) is 2.92. The second kappa shape index (κ2) is 12.4. The van der Waals surface area contributed by atoms with Gasteiger partial charge < -0.3 is 40.2 Å². The topological polar surface area (TPSA) is 121 Å². The number of benzene rings is 3. The summed E-state index contributed by atoms with van der Waals surface area (Å²) in [5, 5.41) is 17.7. The second-order valence-corrected chi connectivity index (χ2v) is 8.89. The Kier molecular flexibility index (Phi) is 8.77. The van der Waals surface area contributed by atoms with E-state index >= 15 is 0 Å². The molecule has 0 atom stereocenters. The van der Waals surface area contributed by atoms with Crippen molar-refractivity contribution in [3.05, 3.63) is 70.7 Å². The molecule has 1 heterocycles. The van der Waals surface area contributed by atoms with Gasteiger partial charge in [0.25, 0.3) is 0 Å². The molecular formula is C27H29ClN4O6. The van der Waals surface area contributed by atoms with Crippen LogP contribution in [0.4, 0.5) is 26.7 Å². The van der Waals surface area contributed by atoms with Crippen molar-refractivity contribution in [1.29, 1.82) is 0 Å². The Morgan fingerprint density at radius 2 is 1.63 bits per heavy atom. The molecular weight excluding hydrogens is 512 g/mol. The van der Waals surface area contributed by atoms with Crippen molar-refractivity contribution in [2.45, 2.75) is 13.0 Å². The highest BCUT2D eigenvalue weighted by Crippen LogP contribution is 2.29. The molecule has 0 radical (unpaired) electrons. The van der Waals surface area contributed by atoms with Crippen molar-refractivity contribution >= 4 is 40.7 Å². The van der Waals surface area contributed by atoms with E-state index in [9.17, 15) is 9.59 Å². The van der Waals surface area contributed by atoms with Gasteiger partial charge in [-0.2, -0.15) is 0 Å². The molecule has 38 heavy (non-hydrogen) atoms. The van der Waals surface area contributed by atoms with Gasteiger partial charge in [-0.1, -0.05) is 17.7 Å². The molecule has 0 spiro atoms. The number of ether oxygens (including phenoxy) is 3. The zero-order valence-corrected chi connectivity index (χ0v) is 21.8. The van der Waals surface area contributed by atoms with Crippen LogP contribution in [0, 0.1) is 0 Å². The number of nitrogens with one attached hydrogen (secondary N) is 3. The van der Waals surface area contributed by atoms with Crippen molar-refractivity contribution < 1.29 is 28.9 Å². The number of fused-ring (bicyclic) bond motifs is 1. The van der Waals surface area contributed by atoms with Crippen molar-refractivity contribution in [3.63, 3.8) is 0 Å². The van der Waals surface area contributed by atoms with E-state index in [-0.39, 0.29) is 19.2 Å². The van der Waals surface area contributed by atoms with Crippen LogP contribution in [0.1, 0.15) is 11.1 Å². The lowest BCUT2D eigenvalue weighted by atomic mass is 9.99. The van der Waals surface area contributed by atoms with Gasteiger partial charge in [-0.25, -0.2) is 9.59 Å². The van der Waals surface area contributed by atoms with Gasteiger partial charge in [0.05, 0.1) is 31.5 Å². The lowest BCUT2D eigenvalue weighted by Crippen LogP contribution is -2.39. The lowest BCUT2D eigenvalue weighted by molar-refractivity contribution is 0.201. The quantitative estimate of drug-likeness (QED) is 0.320. The number of anilines is 3. The van der Waals surface area contributed by atoms with E-state index in [1.807, 2.05) is 12.1 Å². The molecule has 4 rings (SSSR count). The number of aliphatic hydroxyl groups is 1. The number of aliphatic hydroxyl groups excluding tert-OH is 1. The summed E-state index contributed by atoms with van der Waals surface area (Å²) >= 11 is 6.28. The third-order valence-corrected chi connectivity index (χ3v) is 6.23. The van der Waals surface area contributed by atoms with E-state index in [1.54, 1.807) is 61.6 Å². The summed E-state index contributed by atoms with van der Waals surface area (Å²) in [6.07, 6.45) is 0.634. The van der Waals surface area contributed by atoms with E-state index in [0.29, 0.717) is 58.8 Å². The van der Waals surface area contributed by atoms with Crippen molar-refractivity contribution in [2.24, 2.45) is 0 Å². The molecule has 0 saturated heterocycles. The highest BCUT2D eigenvalue weighted by Gasteiger charge is 2.22. The van der Waals surface area contributed by atoms with E-state index in [4.69, 9.17) is 30.9 Å². The van der Waals surface area contributed by atoms with E-state index in [0.717, 1.165) is 11.1 Å². The molecule has 4 amide bonds. The third-order valence-electron chi connectivity index (χ3n) is 5.92. The summed E-state index contributed by atoms with van der Waals surface area (Å²) in [5.41, 5.74) is 3.69. The van der Waals surface area contributed by atoms with Gasteiger partial charge in [-0.3, -0.25) is 0 Å². The van der Waals surface area contributed by atoms with Crippen LogP contribution >= 0.6 is 11.6 Å². The molecule has 3 aromatic carbocycles. The number of methoxy groups -OCH3 is 2. The normalized spacial score (nSPS) is 12.3. The molecule has 0 aromatic heterocycles. The predicted molar refractivity (Wildman–Crippen MR) is 146 cm³/mol. The van der Waals surface area contributed by atoms with E-state index in [1.165, 1.54) is 0 Å². The number of rotatable bonds is 8. The van der Waals surface area contributed by atoms with Gasteiger partial charge in [0, 0.05) is 48.7 Å². The van der Waals surface area contributed by atoms with Gasteiger partial charge in [-0.05, 0) is 41.8 Å². The summed E-state index contributed by atoms with van der Waals surface area (Å²) in [6, 6.07) is 15.0. The molecule has 1 aliphatic rings.